The third-order valence-corrected chi connectivity index (χ3v) is 6.01. The second-order valence-corrected chi connectivity index (χ2v) is 7.85. The van der Waals surface area contributed by atoms with Gasteiger partial charge in [-0.1, -0.05) is 48.0 Å². The molecule has 1 aromatic heterocycles. The minimum Gasteiger partial charge on any atom is -0.493 e. The predicted molar refractivity (Wildman–Crippen MR) is 125 cm³/mol. The van der Waals surface area contributed by atoms with Crippen LogP contribution in [0.25, 0.3) is 11.1 Å². The molecular formula is C23H20ClIN2O3. The summed E-state index contributed by atoms with van der Waals surface area (Å²) in [5, 5.41) is 9.78. The molecule has 0 aliphatic rings. The van der Waals surface area contributed by atoms with E-state index in [0.29, 0.717) is 36.9 Å². The van der Waals surface area contributed by atoms with Gasteiger partial charge in [-0.25, -0.2) is 4.98 Å². The molecule has 1 heterocycles. The van der Waals surface area contributed by atoms with E-state index < -0.39 is 0 Å². The maximum Gasteiger partial charge on any atom is 0.161 e. The van der Waals surface area contributed by atoms with Crippen LogP contribution in [0.15, 0.2) is 48.5 Å². The summed E-state index contributed by atoms with van der Waals surface area (Å²) >= 11 is 8.40. The number of rotatable bonds is 8. The molecule has 0 aliphatic carbocycles. The average molecular weight is 535 g/mol. The van der Waals surface area contributed by atoms with E-state index in [1.54, 1.807) is 7.11 Å². The molecule has 5 nitrogen and oxygen atoms in total. The van der Waals surface area contributed by atoms with Crippen LogP contribution < -0.4 is 9.47 Å². The van der Waals surface area contributed by atoms with Crippen LogP contribution in [0.4, 0.5) is 0 Å². The molecule has 2 aromatic carbocycles. The quantitative estimate of drug-likeness (QED) is 0.208. The monoisotopic (exact) mass is 534 g/mol. The lowest BCUT2D eigenvalue weighted by molar-refractivity contribution is 0.0880. The Morgan fingerprint density at radius 3 is 2.57 bits per heavy atom. The number of hydrogen-bond donors (Lipinski definition) is 0. The van der Waals surface area contributed by atoms with Crippen LogP contribution in [0.3, 0.4) is 0 Å². The van der Waals surface area contributed by atoms with Crippen molar-refractivity contribution in [2.45, 2.75) is 13.5 Å². The molecule has 3 aromatic rings. The van der Waals surface area contributed by atoms with Crippen molar-refractivity contribution in [2.24, 2.45) is 0 Å². The van der Waals surface area contributed by atoms with E-state index in [1.807, 2.05) is 55.5 Å². The number of benzene rings is 2. The SMILES string of the molecule is COc1ccc(-c2c(I)c(C)nc(Cl)c2C#N)cc1OCCOCc1ccccc1. The number of hydrogen-bond acceptors (Lipinski definition) is 5. The first-order valence-corrected chi connectivity index (χ1v) is 10.7. The standard InChI is InChI=1S/C23H20ClIN2O3/c1-15-22(25)21(18(13-26)23(24)27-15)17-8-9-19(28-2)20(12-17)30-11-10-29-14-16-6-4-3-5-7-16/h3-9,12H,10-11,14H2,1-2H3. The molecule has 0 saturated heterocycles. The minimum atomic E-state index is 0.193. The summed E-state index contributed by atoms with van der Waals surface area (Å²) in [4.78, 5) is 4.24. The van der Waals surface area contributed by atoms with Crippen molar-refractivity contribution in [2.75, 3.05) is 20.3 Å². The zero-order valence-corrected chi connectivity index (χ0v) is 19.5. The molecule has 0 atom stereocenters. The first-order chi connectivity index (χ1) is 14.5. The molecule has 0 unspecified atom stereocenters. The summed E-state index contributed by atoms with van der Waals surface area (Å²) < 4.78 is 17.9. The summed E-state index contributed by atoms with van der Waals surface area (Å²) in [7, 11) is 1.59. The minimum absolute atomic E-state index is 0.193. The van der Waals surface area contributed by atoms with E-state index in [-0.39, 0.29) is 5.15 Å². The van der Waals surface area contributed by atoms with Gasteiger partial charge in [0.15, 0.2) is 11.5 Å². The number of aryl methyl sites for hydroxylation is 1. The van der Waals surface area contributed by atoms with Crippen LogP contribution >= 0.6 is 34.2 Å². The highest BCUT2D eigenvalue weighted by molar-refractivity contribution is 14.1. The van der Waals surface area contributed by atoms with Gasteiger partial charge in [-0.3, -0.25) is 0 Å². The molecule has 0 N–H and O–H groups in total. The largest absolute Gasteiger partial charge is 0.493 e. The van der Waals surface area contributed by atoms with E-state index in [2.05, 4.69) is 33.6 Å². The Balaban J connectivity index is 1.77. The molecular weight excluding hydrogens is 515 g/mol. The van der Waals surface area contributed by atoms with Gasteiger partial charge < -0.3 is 14.2 Å². The van der Waals surface area contributed by atoms with Gasteiger partial charge in [0.25, 0.3) is 0 Å². The highest BCUT2D eigenvalue weighted by Gasteiger charge is 2.18. The summed E-state index contributed by atoms with van der Waals surface area (Å²) in [5.41, 5.74) is 3.77. The average Bonchev–Trinajstić information content (AvgIpc) is 2.76. The smallest absolute Gasteiger partial charge is 0.161 e. The number of aromatic nitrogens is 1. The third kappa shape index (κ3) is 5.22. The van der Waals surface area contributed by atoms with Crippen molar-refractivity contribution >= 4 is 34.2 Å². The lowest BCUT2D eigenvalue weighted by Gasteiger charge is -2.15. The Morgan fingerprint density at radius 2 is 1.87 bits per heavy atom. The Labute approximate surface area is 194 Å². The second kappa shape index (κ2) is 10.6. The van der Waals surface area contributed by atoms with Crippen LogP contribution in [-0.2, 0) is 11.3 Å². The van der Waals surface area contributed by atoms with Crippen molar-refractivity contribution in [1.29, 1.82) is 5.26 Å². The first kappa shape index (κ1) is 22.3. The fourth-order valence-corrected chi connectivity index (χ4v) is 3.90. The third-order valence-electron chi connectivity index (χ3n) is 4.42. The van der Waals surface area contributed by atoms with Gasteiger partial charge in [-0.2, -0.15) is 5.26 Å². The molecule has 0 aliphatic heterocycles. The highest BCUT2D eigenvalue weighted by atomic mass is 127. The van der Waals surface area contributed by atoms with Gasteiger partial charge >= 0.3 is 0 Å². The fraction of sp³-hybridized carbons (Fsp3) is 0.217. The number of pyridine rings is 1. The molecule has 0 fully saturated rings. The predicted octanol–water partition coefficient (Wildman–Crippen LogP) is 5.79. The summed E-state index contributed by atoms with van der Waals surface area (Å²) in [5.74, 6) is 1.18. The summed E-state index contributed by atoms with van der Waals surface area (Å²) in [6.45, 7) is 3.19. The van der Waals surface area contributed by atoms with Gasteiger partial charge in [0.2, 0.25) is 0 Å². The Kier molecular flexibility index (Phi) is 7.91. The molecule has 0 spiro atoms. The van der Waals surface area contributed by atoms with Gasteiger partial charge in [-0.05, 0) is 52.8 Å². The van der Waals surface area contributed by atoms with E-state index in [9.17, 15) is 5.26 Å². The van der Waals surface area contributed by atoms with Crippen LogP contribution in [0.2, 0.25) is 5.15 Å². The van der Waals surface area contributed by atoms with E-state index in [0.717, 1.165) is 26.0 Å². The van der Waals surface area contributed by atoms with Crippen molar-refractivity contribution in [1.82, 2.24) is 4.98 Å². The van der Waals surface area contributed by atoms with Crippen LogP contribution in [0, 0.1) is 21.8 Å². The highest BCUT2D eigenvalue weighted by Crippen LogP contribution is 2.38. The summed E-state index contributed by atoms with van der Waals surface area (Å²) in [6, 6.07) is 17.7. The van der Waals surface area contributed by atoms with Gasteiger partial charge in [0.05, 0.1) is 31.6 Å². The van der Waals surface area contributed by atoms with Crippen LogP contribution in [0.5, 0.6) is 11.5 Å². The zero-order chi connectivity index (χ0) is 21.5. The first-order valence-electron chi connectivity index (χ1n) is 9.23. The number of halogens is 2. The molecule has 0 saturated carbocycles. The van der Waals surface area contributed by atoms with Gasteiger partial charge in [0, 0.05) is 9.13 Å². The van der Waals surface area contributed by atoms with Gasteiger partial charge in [0.1, 0.15) is 17.8 Å². The van der Waals surface area contributed by atoms with Crippen molar-refractivity contribution in [3.63, 3.8) is 0 Å². The topological polar surface area (TPSA) is 64.4 Å². The van der Waals surface area contributed by atoms with E-state index in [1.165, 1.54) is 0 Å². The maximum atomic E-state index is 9.59. The zero-order valence-electron chi connectivity index (χ0n) is 16.6. The number of nitrogens with zero attached hydrogens (tertiary/aromatic N) is 2. The lowest BCUT2D eigenvalue weighted by Crippen LogP contribution is -2.07. The lowest BCUT2D eigenvalue weighted by atomic mass is 10.0. The molecule has 30 heavy (non-hydrogen) atoms. The molecule has 0 radical (unpaired) electrons. The molecule has 0 amide bonds. The molecule has 3 rings (SSSR count). The number of methoxy groups -OCH3 is 1. The van der Waals surface area contributed by atoms with Gasteiger partial charge in [-0.15, -0.1) is 0 Å². The Bertz CT molecular complexity index is 1070. The molecule has 154 valence electrons. The van der Waals surface area contributed by atoms with E-state index >= 15 is 0 Å². The number of nitriles is 1. The molecule has 0 bridgehead atoms. The van der Waals surface area contributed by atoms with Crippen molar-refractivity contribution in [3.05, 3.63) is 74.1 Å². The van der Waals surface area contributed by atoms with Crippen LogP contribution in [-0.4, -0.2) is 25.3 Å². The maximum absolute atomic E-state index is 9.59. The second-order valence-electron chi connectivity index (χ2n) is 6.42. The fourth-order valence-electron chi connectivity index (χ4n) is 2.94. The van der Waals surface area contributed by atoms with E-state index in [4.69, 9.17) is 25.8 Å². The van der Waals surface area contributed by atoms with Crippen LogP contribution in [0.1, 0.15) is 16.8 Å². The van der Waals surface area contributed by atoms with Crippen molar-refractivity contribution < 1.29 is 14.2 Å². The normalized spacial score (nSPS) is 10.5. The Hall–Kier alpha value is -2.34. The Morgan fingerprint density at radius 1 is 1.10 bits per heavy atom. The summed E-state index contributed by atoms with van der Waals surface area (Å²) in [6.07, 6.45) is 0. The molecule has 7 heteroatoms. The van der Waals surface area contributed by atoms with Crippen molar-refractivity contribution in [3.8, 4) is 28.7 Å². The number of ether oxygens (including phenoxy) is 3.